The topological polar surface area (TPSA) is 78.9 Å². The molecule has 0 aliphatic heterocycles. The maximum absolute atomic E-state index is 13.0. The Morgan fingerprint density at radius 3 is 0.602 bits per heavy atom. The van der Waals surface area contributed by atoms with E-state index in [-0.39, 0.29) is 31.1 Å². The summed E-state index contributed by atoms with van der Waals surface area (Å²) < 4.78 is 17.0. The summed E-state index contributed by atoms with van der Waals surface area (Å²) >= 11 is 0. The molecule has 0 amide bonds. The van der Waals surface area contributed by atoms with E-state index in [1.165, 1.54) is 327 Å². The Morgan fingerprint density at radius 1 is 0.229 bits per heavy atom. The second kappa shape index (κ2) is 72.4. The molecule has 1 atom stereocenters. The first-order valence-corrected chi connectivity index (χ1v) is 37.8. The van der Waals surface area contributed by atoms with E-state index in [4.69, 9.17) is 14.2 Å². The summed E-state index contributed by atoms with van der Waals surface area (Å²) in [4.78, 5) is 38.5. The predicted octanol–water partition coefficient (Wildman–Crippen LogP) is 26.1. The maximum Gasteiger partial charge on any atom is 0.306 e. The van der Waals surface area contributed by atoms with Gasteiger partial charge in [-0.25, -0.2) is 0 Å². The van der Waals surface area contributed by atoms with Gasteiger partial charge in [0.15, 0.2) is 6.10 Å². The van der Waals surface area contributed by atoms with E-state index in [0.29, 0.717) is 19.3 Å². The maximum atomic E-state index is 13.0. The standard InChI is InChI=1S/C77H146O6/c1-4-7-10-13-16-19-22-25-28-30-32-34-36-38-39-40-42-43-45-47-49-52-55-58-61-64-67-70-76(79)82-73-74(72-81-75(78)69-66-63-60-57-54-51-27-24-21-18-15-12-9-6-3)83-77(80)71-68-65-62-59-56-53-50-48-46-44-41-37-35-33-31-29-26-23-20-17-14-11-8-5-2/h24,27,30,32,74H,4-23,25-26,28-29,31,33-73H2,1-3H3/b27-24-,32-30-. The van der Waals surface area contributed by atoms with E-state index in [2.05, 4.69) is 45.1 Å². The Hall–Kier alpha value is -2.11. The normalized spacial score (nSPS) is 12.1. The Morgan fingerprint density at radius 2 is 0.398 bits per heavy atom. The largest absolute Gasteiger partial charge is 0.462 e. The van der Waals surface area contributed by atoms with Crippen LogP contribution in [0.4, 0.5) is 0 Å². The van der Waals surface area contributed by atoms with Crippen LogP contribution in [0.5, 0.6) is 0 Å². The van der Waals surface area contributed by atoms with E-state index >= 15 is 0 Å². The molecule has 0 N–H and O–H groups in total. The fourth-order valence-electron chi connectivity index (χ4n) is 11.7. The Bertz CT molecular complexity index is 1340. The van der Waals surface area contributed by atoms with Gasteiger partial charge >= 0.3 is 17.9 Å². The SMILES string of the molecule is CCCCCCC/C=C\CCCCCCCC(=O)OCC(COC(=O)CCCCCCCCCCCCCCCCC/C=C\CCCCCCCCCC)OC(=O)CCCCCCCCCCCCCCCCCCCCCCCCCC. The number of carbonyl (C=O) groups excluding carboxylic acids is 3. The average molecular weight is 1170 g/mol. The number of allylic oxidation sites excluding steroid dienone is 4. The molecule has 0 heterocycles. The Labute approximate surface area is 519 Å². The summed E-state index contributed by atoms with van der Waals surface area (Å²) in [5.74, 6) is -0.841. The van der Waals surface area contributed by atoms with Crippen molar-refractivity contribution in [2.24, 2.45) is 0 Å². The van der Waals surface area contributed by atoms with Crippen LogP contribution in [0.2, 0.25) is 0 Å². The molecule has 1 unspecified atom stereocenters. The third-order valence-corrected chi connectivity index (χ3v) is 17.4. The Kier molecular flexibility index (Phi) is 70.5. The van der Waals surface area contributed by atoms with Crippen LogP contribution in [0.3, 0.4) is 0 Å². The molecule has 0 rings (SSSR count). The molecule has 6 heteroatoms. The molecule has 490 valence electrons. The van der Waals surface area contributed by atoms with Crippen LogP contribution in [0.25, 0.3) is 0 Å². The second-order valence-electron chi connectivity index (χ2n) is 25.9. The smallest absolute Gasteiger partial charge is 0.306 e. The molecule has 6 nitrogen and oxygen atoms in total. The van der Waals surface area contributed by atoms with Crippen molar-refractivity contribution < 1.29 is 28.6 Å². The summed E-state index contributed by atoms with van der Waals surface area (Å²) in [5, 5.41) is 0. The van der Waals surface area contributed by atoms with Gasteiger partial charge in [-0.15, -0.1) is 0 Å². The molecular weight excluding hydrogens is 1020 g/mol. The lowest BCUT2D eigenvalue weighted by molar-refractivity contribution is -0.167. The van der Waals surface area contributed by atoms with Crippen LogP contribution < -0.4 is 0 Å². The van der Waals surface area contributed by atoms with Gasteiger partial charge in [-0.3, -0.25) is 14.4 Å². The van der Waals surface area contributed by atoms with Gasteiger partial charge in [0.05, 0.1) is 0 Å². The molecule has 0 saturated heterocycles. The molecule has 0 fully saturated rings. The van der Waals surface area contributed by atoms with Crippen LogP contribution >= 0.6 is 0 Å². The molecule has 0 bridgehead atoms. The Balaban J connectivity index is 4.20. The lowest BCUT2D eigenvalue weighted by Crippen LogP contribution is -2.30. The van der Waals surface area contributed by atoms with Crippen molar-refractivity contribution in [2.45, 2.75) is 438 Å². The number of ether oxygens (including phenoxy) is 3. The van der Waals surface area contributed by atoms with Gasteiger partial charge in [0, 0.05) is 19.3 Å². The minimum Gasteiger partial charge on any atom is -0.462 e. The molecule has 0 aliphatic carbocycles. The highest BCUT2D eigenvalue weighted by Gasteiger charge is 2.20. The van der Waals surface area contributed by atoms with Crippen LogP contribution in [0, 0.1) is 0 Å². The number of rotatable bonds is 71. The van der Waals surface area contributed by atoms with Gasteiger partial charge in [0.2, 0.25) is 0 Å². The van der Waals surface area contributed by atoms with Crippen molar-refractivity contribution >= 4 is 17.9 Å². The fraction of sp³-hybridized carbons (Fsp3) is 0.909. The molecule has 0 saturated carbocycles. The van der Waals surface area contributed by atoms with Gasteiger partial charge in [0.1, 0.15) is 13.2 Å². The monoisotopic (exact) mass is 1170 g/mol. The number of hydrogen-bond donors (Lipinski definition) is 0. The van der Waals surface area contributed by atoms with Crippen molar-refractivity contribution in [1.29, 1.82) is 0 Å². The molecule has 83 heavy (non-hydrogen) atoms. The average Bonchev–Trinajstić information content (AvgIpc) is 3.49. The first-order valence-electron chi connectivity index (χ1n) is 37.8. The summed E-state index contributed by atoms with van der Waals surface area (Å²) in [5.41, 5.74) is 0. The molecule has 0 radical (unpaired) electrons. The predicted molar refractivity (Wildman–Crippen MR) is 363 cm³/mol. The molecule has 0 aromatic heterocycles. The summed E-state index contributed by atoms with van der Waals surface area (Å²) in [7, 11) is 0. The van der Waals surface area contributed by atoms with Gasteiger partial charge in [-0.05, 0) is 70.6 Å². The summed E-state index contributed by atoms with van der Waals surface area (Å²) in [6, 6.07) is 0. The minimum atomic E-state index is -0.772. The molecular formula is C77H146O6. The molecule has 0 aliphatic rings. The minimum absolute atomic E-state index is 0.0675. The van der Waals surface area contributed by atoms with E-state index in [0.717, 1.165) is 64.2 Å². The first kappa shape index (κ1) is 80.9. The van der Waals surface area contributed by atoms with Crippen molar-refractivity contribution in [2.75, 3.05) is 13.2 Å². The quantitative estimate of drug-likeness (QED) is 0.0261. The third-order valence-electron chi connectivity index (χ3n) is 17.4. The van der Waals surface area contributed by atoms with Crippen LogP contribution in [0.1, 0.15) is 432 Å². The van der Waals surface area contributed by atoms with Crippen molar-refractivity contribution in [3.05, 3.63) is 24.3 Å². The van der Waals surface area contributed by atoms with Gasteiger partial charge in [-0.2, -0.15) is 0 Å². The van der Waals surface area contributed by atoms with E-state index < -0.39 is 6.10 Å². The first-order chi connectivity index (χ1) is 41.0. The highest BCUT2D eigenvalue weighted by molar-refractivity contribution is 5.71. The highest BCUT2D eigenvalue weighted by atomic mass is 16.6. The molecule has 0 aromatic carbocycles. The van der Waals surface area contributed by atoms with E-state index in [1.807, 2.05) is 0 Å². The second-order valence-corrected chi connectivity index (χ2v) is 25.9. The lowest BCUT2D eigenvalue weighted by atomic mass is 10.0. The highest BCUT2D eigenvalue weighted by Crippen LogP contribution is 2.19. The van der Waals surface area contributed by atoms with Crippen molar-refractivity contribution in [1.82, 2.24) is 0 Å². The zero-order chi connectivity index (χ0) is 59.9. The number of carbonyl (C=O) groups is 3. The molecule has 0 spiro atoms. The van der Waals surface area contributed by atoms with Crippen molar-refractivity contribution in [3.8, 4) is 0 Å². The summed E-state index contributed by atoms with van der Waals surface area (Å²) in [6.45, 7) is 6.72. The third kappa shape index (κ3) is 70.5. The van der Waals surface area contributed by atoms with Crippen LogP contribution in [-0.4, -0.2) is 37.2 Å². The van der Waals surface area contributed by atoms with E-state index in [1.54, 1.807) is 0 Å². The van der Waals surface area contributed by atoms with Crippen LogP contribution in [0.15, 0.2) is 24.3 Å². The lowest BCUT2D eigenvalue weighted by Gasteiger charge is -2.18. The van der Waals surface area contributed by atoms with Gasteiger partial charge in [-0.1, -0.05) is 366 Å². The zero-order valence-electron chi connectivity index (χ0n) is 56.5. The number of hydrogen-bond acceptors (Lipinski definition) is 6. The molecule has 0 aromatic rings. The zero-order valence-corrected chi connectivity index (χ0v) is 56.5. The van der Waals surface area contributed by atoms with Crippen LogP contribution in [-0.2, 0) is 28.6 Å². The fourth-order valence-corrected chi connectivity index (χ4v) is 11.7. The van der Waals surface area contributed by atoms with Gasteiger partial charge in [0.25, 0.3) is 0 Å². The van der Waals surface area contributed by atoms with E-state index in [9.17, 15) is 14.4 Å². The van der Waals surface area contributed by atoms with Crippen molar-refractivity contribution in [3.63, 3.8) is 0 Å². The number of esters is 3. The summed E-state index contributed by atoms with van der Waals surface area (Å²) in [6.07, 6.45) is 89.4. The number of unbranched alkanes of at least 4 members (excludes halogenated alkanes) is 56. The van der Waals surface area contributed by atoms with Gasteiger partial charge < -0.3 is 14.2 Å².